The summed E-state index contributed by atoms with van der Waals surface area (Å²) >= 11 is 0. The Labute approximate surface area is 172 Å². The van der Waals surface area contributed by atoms with Crippen molar-refractivity contribution in [1.82, 2.24) is 4.98 Å². The lowest BCUT2D eigenvalue weighted by atomic mass is 9.82. The van der Waals surface area contributed by atoms with Gasteiger partial charge < -0.3 is 15.5 Å². The van der Waals surface area contributed by atoms with E-state index >= 15 is 0 Å². The van der Waals surface area contributed by atoms with Crippen molar-refractivity contribution in [3.63, 3.8) is 0 Å². The zero-order valence-electron chi connectivity index (χ0n) is 16.7. The van der Waals surface area contributed by atoms with Gasteiger partial charge in [0.1, 0.15) is 17.1 Å². The highest BCUT2D eigenvalue weighted by atomic mass is 19.4. The Kier molecular flexibility index (Phi) is 5.26. The topological polar surface area (TPSA) is 51.0 Å². The minimum Gasteiger partial charge on any atom is -0.493 e. The summed E-state index contributed by atoms with van der Waals surface area (Å²) < 4.78 is 61.1. The van der Waals surface area contributed by atoms with Gasteiger partial charge in [-0.2, -0.15) is 13.2 Å². The maximum absolute atomic E-state index is 14.0. The van der Waals surface area contributed by atoms with Crippen LogP contribution < -0.4 is 10.5 Å². The van der Waals surface area contributed by atoms with Gasteiger partial charge in [-0.3, -0.25) is 0 Å². The second kappa shape index (κ2) is 7.61. The molecule has 0 amide bonds. The number of rotatable bonds is 6. The lowest BCUT2D eigenvalue weighted by Crippen LogP contribution is -2.56. The van der Waals surface area contributed by atoms with Crippen molar-refractivity contribution < 1.29 is 22.3 Å². The number of hydrogen-bond donors (Lipinski definition) is 2. The zero-order valence-corrected chi connectivity index (χ0v) is 16.7. The molecule has 0 saturated carbocycles. The fourth-order valence-corrected chi connectivity index (χ4v) is 4.40. The second-order valence-corrected chi connectivity index (χ2v) is 8.37. The summed E-state index contributed by atoms with van der Waals surface area (Å²) in [4.78, 5) is 2.88. The van der Waals surface area contributed by atoms with Crippen LogP contribution in [0.5, 0.6) is 5.75 Å². The number of aromatic amines is 1. The molecule has 30 heavy (non-hydrogen) atoms. The molecule has 2 aromatic carbocycles. The number of nitrogens with two attached hydrogens (primary N) is 1. The van der Waals surface area contributed by atoms with Gasteiger partial charge in [0.05, 0.1) is 6.61 Å². The summed E-state index contributed by atoms with van der Waals surface area (Å²) in [6.07, 6.45) is -3.94. The van der Waals surface area contributed by atoms with Gasteiger partial charge in [0.15, 0.2) is 0 Å². The molecule has 1 aromatic heterocycles. The Morgan fingerprint density at radius 3 is 2.73 bits per heavy atom. The standard InChI is InChI=1S/C23H24F4N2O/c1-14(9-17-4-2-3-15-7-8-30-21(15)17)12-22(28,23(25,26)27)13-19-10-16-5-6-18(24)11-20(16)29-19/h2-6,10-11,14,29H,7-9,12-13,28H2,1H3. The number of aromatic nitrogens is 1. The fourth-order valence-electron chi connectivity index (χ4n) is 4.40. The van der Waals surface area contributed by atoms with Gasteiger partial charge in [0, 0.05) is 24.1 Å². The summed E-state index contributed by atoms with van der Waals surface area (Å²) in [5, 5.41) is 0.654. The highest BCUT2D eigenvalue weighted by Gasteiger charge is 2.52. The monoisotopic (exact) mass is 420 g/mol. The number of fused-ring (bicyclic) bond motifs is 2. The first-order valence-corrected chi connectivity index (χ1v) is 10.0. The number of ether oxygens (including phenoxy) is 1. The first-order valence-electron chi connectivity index (χ1n) is 10.0. The third-order valence-corrected chi connectivity index (χ3v) is 5.79. The van der Waals surface area contributed by atoms with E-state index < -0.39 is 24.0 Å². The summed E-state index contributed by atoms with van der Waals surface area (Å²) in [7, 11) is 0. The van der Waals surface area contributed by atoms with E-state index in [-0.39, 0.29) is 12.3 Å². The van der Waals surface area contributed by atoms with Gasteiger partial charge in [-0.15, -0.1) is 0 Å². The normalized spacial score (nSPS) is 16.9. The van der Waals surface area contributed by atoms with Crippen LogP contribution in [0, 0.1) is 11.7 Å². The van der Waals surface area contributed by atoms with Crippen molar-refractivity contribution in [2.24, 2.45) is 11.7 Å². The van der Waals surface area contributed by atoms with Crippen LogP contribution in [-0.4, -0.2) is 23.3 Å². The van der Waals surface area contributed by atoms with Crippen LogP contribution in [0.3, 0.4) is 0 Å². The van der Waals surface area contributed by atoms with E-state index in [1.807, 2.05) is 18.2 Å². The van der Waals surface area contributed by atoms with Gasteiger partial charge in [0.2, 0.25) is 0 Å². The molecule has 0 saturated heterocycles. The Hall–Kier alpha value is -2.54. The van der Waals surface area contributed by atoms with Crippen LogP contribution in [0.2, 0.25) is 0 Å². The summed E-state index contributed by atoms with van der Waals surface area (Å²) in [5.41, 5.74) is 6.39. The van der Waals surface area contributed by atoms with E-state index in [1.54, 1.807) is 13.0 Å². The van der Waals surface area contributed by atoms with Crippen molar-refractivity contribution in [3.8, 4) is 5.75 Å². The van der Waals surface area contributed by atoms with Crippen LogP contribution in [0.1, 0.15) is 30.2 Å². The van der Waals surface area contributed by atoms with Crippen LogP contribution in [-0.2, 0) is 19.3 Å². The lowest BCUT2D eigenvalue weighted by molar-refractivity contribution is -0.190. The molecule has 2 heterocycles. The van der Waals surface area contributed by atoms with Gasteiger partial charge in [0.25, 0.3) is 0 Å². The molecule has 160 valence electrons. The number of halogens is 4. The molecule has 0 aliphatic carbocycles. The molecule has 0 bridgehead atoms. The molecule has 0 spiro atoms. The van der Waals surface area contributed by atoms with Crippen molar-refractivity contribution in [2.45, 2.75) is 44.3 Å². The second-order valence-electron chi connectivity index (χ2n) is 8.37. The maximum Gasteiger partial charge on any atom is 0.406 e. The van der Waals surface area contributed by atoms with Crippen molar-refractivity contribution in [1.29, 1.82) is 0 Å². The summed E-state index contributed by atoms with van der Waals surface area (Å²) in [6.45, 7) is 2.38. The zero-order chi connectivity index (χ0) is 21.5. The predicted molar refractivity (Wildman–Crippen MR) is 108 cm³/mol. The minimum atomic E-state index is -4.58. The maximum atomic E-state index is 14.0. The summed E-state index contributed by atoms with van der Waals surface area (Å²) in [5.74, 6) is 0.0442. The lowest BCUT2D eigenvalue weighted by Gasteiger charge is -2.34. The Balaban J connectivity index is 1.55. The number of nitrogens with one attached hydrogen (secondary N) is 1. The molecule has 1 aliphatic rings. The van der Waals surface area contributed by atoms with Crippen LogP contribution in [0.25, 0.3) is 10.9 Å². The molecule has 3 nitrogen and oxygen atoms in total. The molecule has 7 heteroatoms. The predicted octanol–water partition coefficient (Wildman–Crippen LogP) is 5.31. The molecule has 1 aliphatic heterocycles. The largest absolute Gasteiger partial charge is 0.493 e. The number of alkyl halides is 3. The van der Waals surface area contributed by atoms with Crippen molar-refractivity contribution in [2.75, 3.05) is 6.61 Å². The molecular weight excluding hydrogens is 396 g/mol. The van der Waals surface area contributed by atoms with E-state index in [4.69, 9.17) is 10.5 Å². The van der Waals surface area contributed by atoms with E-state index in [1.165, 1.54) is 18.2 Å². The van der Waals surface area contributed by atoms with Crippen LogP contribution in [0.4, 0.5) is 17.6 Å². The highest BCUT2D eigenvalue weighted by Crippen LogP contribution is 2.38. The van der Waals surface area contributed by atoms with E-state index in [9.17, 15) is 17.6 Å². The molecule has 3 N–H and O–H groups in total. The van der Waals surface area contributed by atoms with Crippen LogP contribution in [0.15, 0.2) is 42.5 Å². The fraction of sp³-hybridized carbons (Fsp3) is 0.391. The Morgan fingerprint density at radius 2 is 1.97 bits per heavy atom. The van der Waals surface area contributed by atoms with Gasteiger partial charge >= 0.3 is 6.18 Å². The molecule has 0 radical (unpaired) electrons. The number of para-hydroxylation sites is 1. The van der Waals surface area contributed by atoms with Crippen molar-refractivity contribution in [3.05, 3.63) is 65.1 Å². The Bertz CT molecular complexity index is 1060. The number of benzene rings is 2. The average Bonchev–Trinajstić information content (AvgIpc) is 3.26. The molecule has 4 rings (SSSR count). The quantitative estimate of drug-likeness (QED) is 0.531. The van der Waals surface area contributed by atoms with E-state index in [0.717, 1.165) is 23.3 Å². The molecule has 3 aromatic rings. The Morgan fingerprint density at radius 1 is 1.17 bits per heavy atom. The average molecular weight is 420 g/mol. The number of H-pyrrole nitrogens is 1. The first kappa shape index (κ1) is 20.7. The minimum absolute atomic E-state index is 0.232. The number of hydrogen-bond acceptors (Lipinski definition) is 2. The molecular formula is C23H24F4N2O. The SMILES string of the molecule is CC(Cc1cccc2c1OCC2)CC(N)(Cc1cc2ccc(F)cc2[nH]1)C(F)(F)F. The van der Waals surface area contributed by atoms with Crippen molar-refractivity contribution >= 4 is 10.9 Å². The van der Waals surface area contributed by atoms with Gasteiger partial charge in [-0.1, -0.05) is 25.1 Å². The summed E-state index contributed by atoms with van der Waals surface area (Å²) in [6, 6.07) is 11.5. The highest BCUT2D eigenvalue weighted by molar-refractivity contribution is 5.80. The van der Waals surface area contributed by atoms with Gasteiger partial charge in [-0.05, 0) is 59.5 Å². The molecule has 0 fully saturated rings. The van der Waals surface area contributed by atoms with Gasteiger partial charge in [-0.25, -0.2) is 4.39 Å². The third-order valence-electron chi connectivity index (χ3n) is 5.79. The van der Waals surface area contributed by atoms with E-state index in [2.05, 4.69) is 4.98 Å². The smallest absolute Gasteiger partial charge is 0.406 e. The third kappa shape index (κ3) is 4.03. The molecule has 2 atom stereocenters. The first-order chi connectivity index (χ1) is 14.1. The van der Waals surface area contributed by atoms with Crippen LogP contribution >= 0.6 is 0 Å². The molecule has 2 unspecified atom stereocenters. The van der Waals surface area contributed by atoms with E-state index in [0.29, 0.717) is 29.6 Å².